The lowest BCUT2D eigenvalue weighted by Crippen LogP contribution is -2.13. The lowest BCUT2D eigenvalue weighted by Gasteiger charge is -2.05. The van der Waals surface area contributed by atoms with E-state index < -0.39 is 0 Å². The molecular weight excluding hydrogens is 416 g/mol. The van der Waals surface area contributed by atoms with E-state index in [2.05, 4.69) is 26.7 Å². The van der Waals surface area contributed by atoms with E-state index in [0.29, 0.717) is 5.13 Å². The zero-order valence-corrected chi connectivity index (χ0v) is 18.1. The van der Waals surface area contributed by atoms with E-state index in [1.807, 2.05) is 54.8 Å². The predicted molar refractivity (Wildman–Crippen MR) is 124 cm³/mol. The maximum absolute atomic E-state index is 12.3. The number of aromatic nitrogens is 2. The monoisotopic (exact) mass is 436 g/mol. The molecule has 0 spiro atoms. The van der Waals surface area contributed by atoms with Crippen LogP contribution in [0.1, 0.15) is 12.6 Å². The van der Waals surface area contributed by atoms with Crippen LogP contribution in [0.15, 0.2) is 58.8 Å². The van der Waals surface area contributed by atoms with Crippen LogP contribution in [0.4, 0.5) is 10.8 Å². The lowest BCUT2D eigenvalue weighted by molar-refractivity contribution is -0.114. The molecule has 3 N–H and O–H groups in total. The van der Waals surface area contributed by atoms with Crippen molar-refractivity contribution >= 4 is 56.6 Å². The molecule has 4 rings (SSSR count). The number of hydrogen-bond acceptors (Lipinski definition) is 5. The average molecular weight is 437 g/mol. The Bertz CT molecular complexity index is 1210. The molecule has 0 aliphatic carbocycles. The number of benzene rings is 2. The molecule has 4 aromatic rings. The fourth-order valence-corrected chi connectivity index (χ4v) is 4.61. The predicted octanol–water partition coefficient (Wildman–Crippen LogP) is 5.29. The van der Waals surface area contributed by atoms with Crippen LogP contribution in [0.2, 0.25) is 0 Å². The van der Waals surface area contributed by atoms with Gasteiger partial charge in [0.15, 0.2) is 5.13 Å². The molecule has 0 aliphatic heterocycles. The molecule has 152 valence electrons. The fourth-order valence-electron chi connectivity index (χ4n) is 3.19. The summed E-state index contributed by atoms with van der Waals surface area (Å²) < 4.78 is 0. The van der Waals surface area contributed by atoms with Crippen molar-refractivity contribution in [1.82, 2.24) is 9.97 Å². The molecule has 0 saturated carbocycles. The Labute approximate surface area is 182 Å². The summed E-state index contributed by atoms with van der Waals surface area (Å²) in [5.41, 5.74) is 4.78. The Kier molecular flexibility index (Phi) is 5.87. The summed E-state index contributed by atoms with van der Waals surface area (Å²) in [6.07, 6.45) is 0. The van der Waals surface area contributed by atoms with Crippen LogP contribution < -0.4 is 10.6 Å². The number of thiazole rings is 1. The summed E-state index contributed by atoms with van der Waals surface area (Å²) in [4.78, 5) is 32.4. The van der Waals surface area contributed by atoms with Crippen LogP contribution in [0.3, 0.4) is 0 Å². The molecule has 0 aliphatic rings. The highest BCUT2D eigenvalue weighted by atomic mass is 32.2. The minimum absolute atomic E-state index is 0.109. The number of aryl methyl sites for hydroxylation is 1. The van der Waals surface area contributed by atoms with E-state index in [1.165, 1.54) is 30.0 Å². The van der Waals surface area contributed by atoms with E-state index in [9.17, 15) is 9.59 Å². The number of para-hydroxylation sites is 1. The Morgan fingerprint density at radius 1 is 1.10 bits per heavy atom. The Morgan fingerprint density at radius 2 is 1.87 bits per heavy atom. The van der Waals surface area contributed by atoms with Crippen molar-refractivity contribution < 1.29 is 9.59 Å². The quantitative estimate of drug-likeness (QED) is 0.359. The van der Waals surface area contributed by atoms with Gasteiger partial charge in [-0.3, -0.25) is 9.59 Å². The van der Waals surface area contributed by atoms with Crippen molar-refractivity contribution in [3.63, 3.8) is 0 Å². The number of thioether (sulfide) groups is 1. The third kappa shape index (κ3) is 4.55. The van der Waals surface area contributed by atoms with E-state index in [4.69, 9.17) is 0 Å². The number of amides is 2. The standard InChI is InChI=1S/C22H20N4O2S2/c1-13-21(17-5-3-4-6-18(17)23-13)19-11-30-22(25-19)26-20(28)12-29-16-9-7-15(8-10-16)24-14(2)27/h3-11,23H,12H2,1-2H3,(H,24,27)(H,25,26,28). The van der Waals surface area contributed by atoms with Gasteiger partial charge in [0.2, 0.25) is 11.8 Å². The van der Waals surface area contributed by atoms with Gasteiger partial charge in [0.05, 0.1) is 11.4 Å². The number of H-pyrrole nitrogens is 1. The minimum Gasteiger partial charge on any atom is -0.358 e. The Hall–Kier alpha value is -3.10. The molecule has 2 aromatic carbocycles. The fraction of sp³-hybridized carbons (Fsp3) is 0.136. The summed E-state index contributed by atoms with van der Waals surface area (Å²) in [7, 11) is 0. The zero-order valence-electron chi connectivity index (χ0n) is 16.5. The number of rotatable bonds is 6. The van der Waals surface area contributed by atoms with Gasteiger partial charge in [-0.25, -0.2) is 4.98 Å². The molecule has 0 saturated heterocycles. The second kappa shape index (κ2) is 8.73. The van der Waals surface area contributed by atoms with Gasteiger partial charge in [0.1, 0.15) is 0 Å². The number of hydrogen-bond donors (Lipinski definition) is 3. The number of carbonyl (C=O) groups excluding carboxylic acids is 2. The van der Waals surface area contributed by atoms with Crippen molar-refractivity contribution in [1.29, 1.82) is 0 Å². The summed E-state index contributed by atoms with van der Waals surface area (Å²) in [6, 6.07) is 15.5. The maximum Gasteiger partial charge on any atom is 0.236 e. The molecule has 30 heavy (non-hydrogen) atoms. The number of nitrogens with zero attached hydrogens (tertiary/aromatic N) is 1. The second-order valence-electron chi connectivity index (χ2n) is 6.75. The average Bonchev–Trinajstić information content (AvgIpc) is 3.29. The highest BCUT2D eigenvalue weighted by Gasteiger charge is 2.14. The van der Waals surface area contributed by atoms with E-state index in [0.717, 1.165) is 38.4 Å². The van der Waals surface area contributed by atoms with Gasteiger partial charge in [-0.05, 0) is 37.3 Å². The van der Waals surface area contributed by atoms with Crippen molar-refractivity contribution in [2.24, 2.45) is 0 Å². The van der Waals surface area contributed by atoms with Gasteiger partial charge in [0, 0.05) is 45.0 Å². The minimum atomic E-state index is -0.111. The lowest BCUT2D eigenvalue weighted by atomic mass is 10.1. The van der Waals surface area contributed by atoms with Crippen molar-refractivity contribution in [2.75, 3.05) is 16.4 Å². The molecule has 0 unspecified atom stereocenters. The largest absolute Gasteiger partial charge is 0.358 e. The van der Waals surface area contributed by atoms with Crippen molar-refractivity contribution in [3.05, 3.63) is 59.6 Å². The van der Waals surface area contributed by atoms with Gasteiger partial charge >= 0.3 is 0 Å². The Balaban J connectivity index is 1.38. The van der Waals surface area contributed by atoms with Gasteiger partial charge in [0.25, 0.3) is 0 Å². The van der Waals surface area contributed by atoms with Gasteiger partial charge in [-0.1, -0.05) is 18.2 Å². The Morgan fingerprint density at radius 3 is 2.63 bits per heavy atom. The molecule has 8 heteroatoms. The number of carbonyl (C=O) groups is 2. The molecule has 0 fully saturated rings. The SMILES string of the molecule is CC(=O)Nc1ccc(SCC(=O)Nc2nc(-c3c(C)[nH]c4ccccc34)cs2)cc1. The summed E-state index contributed by atoms with van der Waals surface area (Å²) in [6.45, 7) is 3.50. The van der Waals surface area contributed by atoms with Crippen LogP contribution in [-0.2, 0) is 9.59 Å². The normalized spacial score (nSPS) is 10.9. The molecule has 2 heterocycles. The molecule has 0 radical (unpaired) electrons. The topological polar surface area (TPSA) is 86.9 Å². The first-order valence-electron chi connectivity index (χ1n) is 9.33. The molecule has 2 amide bonds. The van der Waals surface area contributed by atoms with Gasteiger partial charge in [-0.15, -0.1) is 23.1 Å². The van der Waals surface area contributed by atoms with Crippen molar-refractivity contribution in [3.8, 4) is 11.3 Å². The highest BCUT2D eigenvalue weighted by Crippen LogP contribution is 2.34. The van der Waals surface area contributed by atoms with Gasteiger partial charge < -0.3 is 15.6 Å². The summed E-state index contributed by atoms with van der Waals surface area (Å²) >= 11 is 2.85. The summed E-state index contributed by atoms with van der Waals surface area (Å²) in [5, 5.41) is 9.27. The van der Waals surface area contributed by atoms with Gasteiger partial charge in [-0.2, -0.15) is 0 Å². The van der Waals surface area contributed by atoms with E-state index in [-0.39, 0.29) is 17.6 Å². The number of nitrogens with one attached hydrogen (secondary N) is 3. The molecule has 0 atom stereocenters. The molecular formula is C22H20N4O2S2. The molecule has 0 bridgehead atoms. The van der Waals surface area contributed by atoms with Crippen LogP contribution in [0.5, 0.6) is 0 Å². The third-order valence-electron chi connectivity index (χ3n) is 4.44. The second-order valence-corrected chi connectivity index (χ2v) is 8.66. The maximum atomic E-state index is 12.3. The smallest absolute Gasteiger partial charge is 0.236 e. The number of anilines is 2. The van der Waals surface area contributed by atoms with Crippen LogP contribution in [0.25, 0.3) is 22.2 Å². The van der Waals surface area contributed by atoms with Crippen molar-refractivity contribution in [2.45, 2.75) is 18.7 Å². The number of aromatic amines is 1. The highest BCUT2D eigenvalue weighted by molar-refractivity contribution is 8.00. The van der Waals surface area contributed by atoms with E-state index >= 15 is 0 Å². The van der Waals surface area contributed by atoms with E-state index in [1.54, 1.807) is 0 Å². The first-order chi connectivity index (χ1) is 14.5. The summed E-state index contributed by atoms with van der Waals surface area (Å²) in [5.74, 6) is 0.0588. The zero-order chi connectivity index (χ0) is 21.1. The third-order valence-corrected chi connectivity index (χ3v) is 6.21. The number of fused-ring (bicyclic) bond motifs is 1. The molecule has 2 aromatic heterocycles. The molecule has 6 nitrogen and oxygen atoms in total. The van der Waals surface area contributed by atoms with Crippen LogP contribution >= 0.6 is 23.1 Å². The first-order valence-corrected chi connectivity index (χ1v) is 11.2. The first kappa shape index (κ1) is 20.2. The van der Waals surface area contributed by atoms with Crippen LogP contribution in [0, 0.1) is 6.92 Å². The van der Waals surface area contributed by atoms with Crippen LogP contribution in [-0.4, -0.2) is 27.5 Å².